The number of para-hydroxylation sites is 3. The molecule has 1 aromatic heterocycles. The highest BCUT2D eigenvalue weighted by molar-refractivity contribution is 6.07. The SMILES string of the molecule is O=C(Nc1ccc(-c2nc3ccccc3o2)cc1)C1=Cc2ccccc2OC1. The van der Waals surface area contributed by atoms with Crippen LogP contribution in [0.5, 0.6) is 5.75 Å². The van der Waals surface area contributed by atoms with Crippen LogP contribution >= 0.6 is 0 Å². The van der Waals surface area contributed by atoms with Crippen LogP contribution in [0.4, 0.5) is 5.69 Å². The summed E-state index contributed by atoms with van der Waals surface area (Å²) in [7, 11) is 0. The molecular weight excluding hydrogens is 352 g/mol. The molecule has 0 bridgehead atoms. The highest BCUT2D eigenvalue weighted by atomic mass is 16.5. The number of hydrogen-bond acceptors (Lipinski definition) is 4. The van der Waals surface area contributed by atoms with E-state index in [1.165, 1.54) is 0 Å². The molecule has 4 aromatic rings. The zero-order valence-electron chi connectivity index (χ0n) is 14.9. The van der Waals surface area contributed by atoms with Gasteiger partial charge in [-0.25, -0.2) is 4.98 Å². The number of nitrogens with zero attached hydrogens (tertiary/aromatic N) is 1. The van der Waals surface area contributed by atoms with Gasteiger partial charge in [0.2, 0.25) is 5.89 Å². The third kappa shape index (κ3) is 3.03. The van der Waals surface area contributed by atoms with Crippen molar-refractivity contribution < 1.29 is 13.9 Å². The van der Waals surface area contributed by atoms with Crippen LogP contribution in [0.3, 0.4) is 0 Å². The molecule has 0 unspecified atom stereocenters. The minimum Gasteiger partial charge on any atom is -0.488 e. The van der Waals surface area contributed by atoms with Crippen molar-refractivity contribution >= 4 is 28.8 Å². The van der Waals surface area contributed by atoms with Gasteiger partial charge >= 0.3 is 0 Å². The Bertz CT molecular complexity index is 1170. The number of aromatic nitrogens is 1. The van der Waals surface area contributed by atoms with E-state index in [2.05, 4.69) is 10.3 Å². The minimum atomic E-state index is -0.177. The van der Waals surface area contributed by atoms with Crippen molar-refractivity contribution in [2.24, 2.45) is 0 Å². The second-order valence-corrected chi connectivity index (χ2v) is 6.51. The van der Waals surface area contributed by atoms with E-state index in [-0.39, 0.29) is 12.5 Å². The summed E-state index contributed by atoms with van der Waals surface area (Å²) < 4.78 is 11.4. The lowest BCUT2D eigenvalue weighted by molar-refractivity contribution is -0.113. The molecule has 0 radical (unpaired) electrons. The molecule has 28 heavy (non-hydrogen) atoms. The number of carbonyl (C=O) groups is 1. The maximum absolute atomic E-state index is 12.6. The number of oxazole rings is 1. The van der Waals surface area contributed by atoms with Crippen LogP contribution in [0.25, 0.3) is 28.6 Å². The first-order valence-electron chi connectivity index (χ1n) is 8.96. The predicted octanol–water partition coefficient (Wildman–Crippen LogP) is 4.91. The number of rotatable bonds is 3. The van der Waals surface area contributed by atoms with E-state index in [0.29, 0.717) is 17.2 Å². The lowest BCUT2D eigenvalue weighted by Gasteiger charge is -2.17. The Balaban J connectivity index is 1.34. The number of benzene rings is 3. The van der Waals surface area contributed by atoms with Gasteiger partial charge in [0.15, 0.2) is 5.58 Å². The molecule has 0 saturated heterocycles. The lowest BCUT2D eigenvalue weighted by atomic mass is 10.1. The topological polar surface area (TPSA) is 64.4 Å². The Labute approximate surface area is 161 Å². The summed E-state index contributed by atoms with van der Waals surface area (Å²) in [4.78, 5) is 17.0. The molecule has 5 heteroatoms. The standard InChI is InChI=1S/C23H16N2O3/c26-22(17-13-16-5-1-3-7-20(16)27-14-17)24-18-11-9-15(10-12-18)23-25-19-6-2-4-8-21(19)28-23/h1-13H,14H2,(H,24,26). The second-order valence-electron chi connectivity index (χ2n) is 6.51. The summed E-state index contributed by atoms with van der Waals surface area (Å²) in [6.07, 6.45) is 1.86. The zero-order chi connectivity index (χ0) is 18.9. The Hall–Kier alpha value is -3.86. The molecule has 0 spiro atoms. The van der Waals surface area contributed by atoms with E-state index >= 15 is 0 Å². The van der Waals surface area contributed by atoms with Gasteiger partial charge in [-0.1, -0.05) is 30.3 Å². The highest BCUT2D eigenvalue weighted by Gasteiger charge is 2.17. The molecule has 0 atom stereocenters. The first-order valence-corrected chi connectivity index (χ1v) is 8.96. The summed E-state index contributed by atoms with van der Waals surface area (Å²) in [5.74, 6) is 1.17. The maximum Gasteiger partial charge on any atom is 0.255 e. The number of fused-ring (bicyclic) bond motifs is 2. The van der Waals surface area contributed by atoms with E-state index in [9.17, 15) is 4.79 Å². The van der Waals surface area contributed by atoms with Gasteiger partial charge in [-0.2, -0.15) is 0 Å². The van der Waals surface area contributed by atoms with Gasteiger partial charge in [-0.15, -0.1) is 0 Å². The van der Waals surface area contributed by atoms with E-state index in [0.717, 1.165) is 28.0 Å². The number of nitrogens with one attached hydrogen (secondary N) is 1. The molecule has 0 fully saturated rings. The van der Waals surface area contributed by atoms with Gasteiger partial charge in [0.25, 0.3) is 5.91 Å². The Kier molecular flexibility index (Phi) is 3.91. The van der Waals surface area contributed by atoms with Gasteiger partial charge in [0.05, 0.1) is 5.57 Å². The van der Waals surface area contributed by atoms with Crippen molar-refractivity contribution in [1.29, 1.82) is 0 Å². The van der Waals surface area contributed by atoms with Gasteiger partial charge in [0, 0.05) is 16.8 Å². The smallest absolute Gasteiger partial charge is 0.255 e. The van der Waals surface area contributed by atoms with E-state index in [1.54, 1.807) is 0 Å². The average Bonchev–Trinajstić information content (AvgIpc) is 3.18. The van der Waals surface area contributed by atoms with Crippen LogP contribution < -0.4 is 10.1 Å². The average molecular weight is 368 g/mol. The van der Waals surface area contributed by atoms with Gasteiger partial charge in [-0.05, 0) is 48.5 Å². The molecule has 0 aliphatic carbocycles. The first kappa shape index (κ1) is 16.3. The van der Waals surface area contributed by atoms with Crippen LogP contribution in [0.1, 0.15) is 5.56 Å². The molecule has 1 amide bonds. The fourth-order valence-corrected chi connectivity index (χ4v) is 3.15. The van der Waals surface area contributed by atoms with Gasteiger partial charge in [0.1, 0.15) is 17.9 Å². The van der Waals surface area contributed by atoms with Crippen molar-refractivity contribution in [3.63, 3.8) is 0 Å². The predicted molar refractivity (Wildman–Crippen MR) is 108 cm³/mol. The fourth-order valence-electron chi connectivity index (χ4n) is 3.15. The Morgan fingerprint density at radius 2 is 1.71 bits per heavy atom. The number of carbonyl (C=O) groups excluding carboxylic acids is 1. The van der Waals surface area contributed by atoms with Crippen molar-refractivity contribution in [2.45, 2.75) is 0 Å². The molecule has 3 aromatic carbocycles. The first-order chi connectivity index (χ1) is 13.8. The molecule has 1 aliphatic heterocycles. The summed E-state index contributed by atoms with van der Waals surface area (Å²) >= 11 is 0. The minimum absolute atomic E-state index is 0.177. The molecule has 2 heterocycles. The zero-order valence-corrected chi connectivity index (χ0v) is 14.9. The molecule has 5 nitrogen and oxygen atoms in total. The summed E-state index contributed by atoms with van der Waals surface area (Å²) in [5, 5.41) is 2.91. The van der Waals surface area contributed by atoms with Crippen LogP contribution in [0, 0.1) is 0 Å². The van der Waals surface area contributed by atoms with Crippen molar-refractivity contribution in [1.82, 2.24) is 4.98 Å². The molecular formula is C23H16N2O3. The van der Waals surface area contributed by atoms with Crippen molar-refractivity contribution in [3.8, 4) is 17.2 Å². The number of amides is 1. The van der Waals surface area contributed by atoms with Crippen molar-refractivity contribution in [2.75, 3.05) is 11.9 Å². The number of anilines is 1. The summed E-state index contributed by atoms with van der Waals surface area (Å²) in [6, 6.07) is 22.7. The molecule has 1 aliphatic rings. The monoisotopic (exact) mass is 368 g/mol. The second kappa shape index (κ2) is 6.70. The fraction of sp³-hybridized carbons (Fsp3) is 0.0435. The molecule has 5 rings (SSSR count). The van der Waals surface area contributed by atoms with Crippen LogP contribution in [0.2, 0.25) is 0 Å². The summed E-state index contributed by atoms with van der Waals surface area (Å²) in [6.45, 7) is 0.254. The molecule has 1 N–H and O–H groups in total. The van der Waals surface area contributed by atoms with E-state index in [1.807, 2.05) is 78.9 Å². The third-order valence-electron chi connectivity index (χ3n) is 4.61. The number of ether oxygens (including phenoxy) is 1. The van der Waals surface area contributed by atoms with E-state index < -0.39 is 0 Å². The summed E-state index contributed by atoms with van der Waals surface area (Å²) in [5.41, 5.74) is 4.61. The largest absolute Gasteiger partial charge is 0.488 e. The van der Waals surface area contributed by atoms with Crippen LogP contribution in [-0.2, 0) is 4.79 Å². The normalized spacial score (nSPS) is 12.8. The van der Waals surface area contributed by atoms with Gasteiger partial charge < -0.3 is 14.5 Å². The quantitative estimate of drug-likeness (QED) is 0.558. The maximum atomic E-state index is 12.6. The molecule has 0 saturated carbocycles. The number of hydrogen-bond donors (Lipinski definition) is 1. The Morgan fingerprint density at radius 3 is 2.57 bits per heavy atom. The van der Waals surface area contributed by atoms with Crippen LogP contribution in [0.15, 0.2) is 82.8 Å². The lowest BCUT2D eigenvalue weighted by Crippen LogP contribution is -2.21. The van der Waals surface area contributed by atoms with Crippen LogP contribution in [-0.4, -0.2) is 17.5 Å². The Morgan fingerprint density at radius 1 is 0.929 bits per heavy atom. The van der Waals surface area contributed by atoms with Gasteiger partial charge in [-0.3, -0.25) is 4.79 Å². The van der Waals surface area contributed by atoms with Crippen molar-refractivity contribution in [3.05, 3.63) is 83.9 Å². The third-order valence-corrected chi connectivity index (χ3v) is 4.61. The van der Waals surface area contributed by atoms with E-state index in [4.69, 9.17) is 9.15 Å². The molecule has 136 valence electrons. The highest BCUT2D eigenvalue weighted by Crippen LogP contribution is 2.27.